The number of nitrogens with zero attached hydrogens (tertiary/aromatic N) is 2. The molecule has 0 aliphatic carbocycles. The van der Waals surface area contributed by atoms with Gasteiger partial charge in [0.2, 0.25) is 5.91 Å². The number of anilines is 1. The van der Waals surface area contributed by atoms with E-state index >= 15 is 0 Å². The van der Waals surface area contributed by atoms with Crippen molar-refractivity contribution in [3.8, 4) is 5.75 Å². The van der Waals surface area contributed by atoms with E-state index in [2.05, 4.69) is 9.97 Å². The highest BCUT2D eigenvalue weighted by Gasteiger charge is 2.31. The van der Waals surface area contributed by atoms with Crippen LogP contribution in [0.5, 0.6) is 5.75 Å². The molecule has 2 aromatic carbocycles. The zero-order chi connectivity index (χ0) is 19.3. The second kappa shape index (κ2) is 6.62. The minimum absolute atomic E-state index is 0.153. The molecule has 5 nitrogen and oxygen atoms in total. The van der Waals surface area contributed by atoms with Crippen molar-refractivity contribution in [3.63, 3.8) is 0 Å². The summed E-state index contributed by atoms with van der Waals surface area (Å²) in [4.78, 5) is 22.3. The van der Waals surface area contributed by atoms with Crippen LogP contribution in [0, 0.1) is 12.7 Å². The summed E-state index contributed by atoms with van der Waals surface area (Å²) in [5, 5.41) is 0. The van der Waals surface area contributed by atoms with Crippen molar-refractivity contribution in [3.05, 3.63) is 53.1 Å². The number of fused-ring (bicyclic) bond motifs is 3. The van der Waals surface area contributed by atoms with Crippen LogP contribution in [0.1, 0.15) is 48.7 Å². The Labute approximate surface area is 162 Å². The average molecular weight is 379 g/mol. The standard InChI is InChI=1S/C22H22FN3O2/c1-13-24-17-12-18(26-11-5-4-8-20(26)27)15-9-10-19(28-22(15)21(17)25-13)14-6-2-3-7-16(14)23/h2-3,6-7,12,19H,4-5,8-11H2,1H3,(H,24,25)/t19-/m0/s1. The van der Waals surface area contributed by atoms with Crippen molar-refractivity contribution in [2.24, 2.45) is 0 Å². The monoisotopic (exact) mass is 379 g/mol. The number of nitrogens with one attached hydrogen (secondary N) is 1. The lowest BCUT2D eigenvalue weighted by molar-refractivity contribution is -0.119. The molecule has 0 unspecified atom stereocenters. The highest BCUT2D eigenvalue weighted by Crippen LogP contribution is 2.45. The summed E-state index contributed by atoms with van der Waals surface area (Å²) in [6, 6.07) is 8.77. The first kappa shape index (κ1) is 17.2. The Morgan fingerprint density at radius 3 is 2.93 bits per heavy atom. The van der Waals surface area contributed by atoms with Gasteiger partial charge in [0, 0.05) is 24.1 Å². The van der Waals surface area contributed by atoms with E-state index in [1.807, 2.05) is 24.0 Å². The van der Waals surface area contributed by atoms with E-state index in [4.69, 9.17) is 4.74 Å². The van der Waals surface area contributed by atoms with Gasteiger partial charge in [-0.05, 0) is 44.7 Å². The minimum Gasteiger partial charge on any atom is -0.483 e. The summed E-state index contributed by atoms with van der Waals surface area (Å²) >= 11 is 0. The molecule has 1 amide bonds. The highest BCUT2D eigenvalue weighted by atomic mass is 19.1. The second-order valence-corrected chi connectivity index (χ2v) is 7.59. The molecule has 1 N–H and O–H groups in total. The SMILES string of the molecule is Cc1nc2c3c(c(N4CCCCC4=O)cc2[nH]1)CC[C@@H](c1ccccc1F)O3. The smallest absolute Gasteiger partial charge is 0.226 e. The number of piperidine rings is 1. The summed E-state index contributed by atoms with van der Waals surface area (Å²) in [7, 11) is 0. The number of carbonyl (C=O) groups is 1. The molecule has 2 aliphatic rings. The first-order chi connectivity index (χ1) is 13.6. The molecule has 3 heterocycles. The maximum atomic E-state index is 14.3. The lowest BCUT2D eigenvalue weighted by Gasteiger charge is -2.33. The Balaban J connectivity index is 1.64. The van der Waals surface area contributed by atoms with Gasteiger partial charge in [0.25, 0.3) is 0 Å². The maximum Gasteiger partial charge on any atom is 0.226 e. The number of rotatable bonds is 2. The van der Waals surface area contributed by atoms with Crippen molar-refractivity contribution in [1.29, 1.82) is 0 Å². The first-order valence-corrected chi connectivity index (χ1v) is 9.85. The quantitative estimate of drug-likeness (QED) is 0.708. The molecule has 1 fully saturated rings. The van der Waals surface area contributed by atoms with Gasteiger partial charge in [-0.2, -0.15) is 0 Å². The molecule has 144 valence electrons. The number of hydrogen-bond donors (Lipinski definition) is 1. The number of aromatic nitrogens is 2. The molecular weight excluding hydrogens is 357 g/mol. The van der Waals surface area contributed by atoms with E-state index in [-0.39, 0.29) is 17.8 Å². The molecule has 1 atom stereocenters. The fraction of sp³-hybridized carbons (Fsp3) is 0.364. The van der Waals surface area contributed by atoms with Crippen molar-refractivity contribution in [1.82, 2.24) is 9.97 Å². The van der Waals surface area contributed by atoms with E-state index < -0.39 is 0 Å². The predicted molar refractivity (Wildman–Crippen MR) is 105 cm³/mol. The predicted octanol–water partition coefficient (Wildman–Crippen LogP) is 4.59. The van der Waals surface area contributed by atoms with E-state index in [1.54, 1.807) is 12.1 Å². The summed E-state index contributed by atoms with van der Waals surface area (Å²) in [6.07, 6.45) is 3.54. The Kier molecular flexibility index (Phi) is 4.07. The molecule has 0 spiro atoms. The summed E-state index contributed by atoms with van der Waals surface area (Å²) in [5.74, 6) is 1.36. The van der Waals surface area contributed by atoms with Crippen LogP contribution in [0.15, 0.2) is 30.3 Å². The number of amides is 1. The van der Waals surface area contributed by atoms with Gasteiger partial charge in [-0.15, -0.1) is 0 Å². The van der Waals surface area contributed by atoms with E-state index in [9.17, 15) is 9.18 Å². The first-order valence-electron chi connectivity index (χ1n) is 9.85. The third-order valence-electron chi connectivity index (χ3n) is 5.71. The molecular formula is C22H22FN3O2. The Hall–Kier alpha value is -2.89. The van der Waals surface area contributed by atoms with Crippen LogP contribution in [-0.4, -0.2) is 22.4 Å². The Morgan fingerprint density at radius 2 is 2.11 bits per heavy atom. The van der Waals surface area contributed by atoms with Gasteiger partial charge in [-0.3, -0.25) is 4.79 Å². The van der Waals surface area contributed by atoms with Gasteiger partial charge in [0.05, 0.1) is 11.2 Å². The van der Waals surface area contributed by atoms with Gasteiger partial charge in [0.1, 0.15) is 23.3 Å². The van der Waals surface area contributed by atoms with Gasteiger partial charge in [-0.1, -0.05) is 18.2 Å². The third kappa shape index (κ3) is 2.75. The summed E-state index contributed by atoms with van der Waals surface area (Å²) in [6.45, 7) is 2.62. The molecule has 1 aromatic heterocycles. The van der Waals surface area contributed by atoms with Crippen molar-refractivity contribution in [2.75, 3.05) is 11.4 Å². The van der Waals surface area contributed by atoms with Crippen LogP contribution in [-0.2, 0) is 11.2 Å². The Bertz CT molecular complexity index is 1080. The number of hydrogen-bond acceptors (Lipinski definition) is 3. The van der Waals surface area contributed by atoms with Crippen molar-refractivity contribution >= 4 is 22.6 Å². The maximum absolute atomic E-state index is 14.3. The summed E-state index contributed by atoms with van der Waals surface area (Å²) in [5.41, 5.74) is 4.07. The normalized spacial score (nSPS) is 19.6. The molecule has 0 bridgehead atoms. The topological polar surface area (TPSA) is 58.2 Å². The number of carbonyl (C=O) groups excluding carboxylic acids is 1. The van der Waals surface area contributed by atoms with Gasteiger partial charge < -0.3 is 14.6 Å². The number of halogens is 1. The molecule has 0 radical (unpaired) electrons. The molecule has 2 aliphatic heterocycles. The lowest BCUT2D eigenvalue weighted by atomic mass is 9.94. The summed E-state index contributed by atoms with van der Waals surface area (Å²) < 4.78 is 20.7. The molecule has 3 aromatic rings. The number of benzene rings is 2. The van der Waals surface area contributed by atoms with Gasteiger partial charge in [-0.25, -0.2) is 9.37 Å². The minimum atomic E-state index is -0.360. The number of aryl methyl sites for hydroxylation is 1. The third-order valence-corrected chi connectivity index (χ3v) is 5.71. The molecule has 28 heavy (non-hydrogen) atoms. The van der Waals surface area contributed by atoms with Crippen LogP contribution in [0.3, 0.4) is 0 Å². The van der Waals surface area contributed by atoms with Crippen LogP contribution in [0.4, 0.5) is 10.1 Å². The second-order valence-electron chi connectivity index (χ2n) is 7.59. The van der Waals surface area contributed by atoms with Crippen LogP contribution >= 0.6 is 0 Å². The highest BCUT2D eigenvalue weighted by molar-refractivity contribution is 5.99. The molecule has 6 heteroatoms. The number of H-pyrrole nitrogens is 1. The zero-order valence-electron chi connectivity index (χ0n) is 15.8. The number of imidazole rings is 1. The fourth-order valence-electron chi connectivity index (χ4n) is 4.37. The number of aromatic amines is 1. The van der Waals surface area contributed by atoms with Crippen molar-refractivity contribution in [2.45, 2.75) is 45.1 Å². The zero-order valence-corrected chi connectivity index (χ0v) is 15.8. The molecule has 5 rings (SSSR count). The van der Waals surface area contributed by atoms with Crippen LogP contribution in [0.25, 0.3) is 11.0 Å². The van der Waals surface area contributed by atoms with Gasteiger partial charge >= 0.3 is 0 Å². The van der Waals surface area contributed by atoms with Gasteiger partial charge in [0.15, 0.2) is 5.75 Å². The number of ether oxygens (including phenoxy) is 1. The molecule has 0 saturated carbocycles. The van der Waals surface area contributed by atoms with E-state index in [0.717, 1.165) is 53.9 Å². The fourth-order valence-corrected chi connectivity index (χ4v) is 4.37. The van der Waals surface area contributed by atoms with E-state index in [0.29, 0.717) is 24.2 Å². The van der Waals surface area contributed by atoms with Crippen LogP contribution < -0.4 is 9.64 Å². The Morgan fingerprint density at radius 1 is 1.25 bits per heavy atom. The largest absolute Gasteiger partial charge is 0.483 e. The average Bonchev–Trinajstić information content (AvgIpc) is 3.08. The molecule has 1 saturated heterocycles. The lowest BCUT2D eigenvalue weighted by Crippen LogP contribution is -2.36. The van der Waals surface area contributed by atoms with E-state index in [1.165, 1.54) is 6.07 Å². The van der Waals surface area contributed by atoms with Crippen LogP contribution in [0.2, 0.25) is 0 Å². The van der Waals surface area contributed by atoms with Crippen molar-refractivity contribution < 1.29 is 13.9 Å².